The summed E-state index contributed by atoms with van der Waals surface area (Å²) in [5.41, 5.74) is -4.70. The van der Waals surface area contributed by atoms with Gasteiger partial charge in [-0.2, -0.15) is 0 Å². The molecule has 0 spiro atoms. The van der Waals surface area contributed by atoms with Gasteiger partial charge >= 0.3 is 0 Å². The fourth-order valence-corrected chi connectivity index (χ4v) is 2.61. The van der Waals surface area contributed by atoms with Crippen LogP contribution in [0.15, 0.2) is 0 Å². The second-order valence-corrected chi connectivity index (χ2v) is 9.92. The molecule has 1 aliphatic heterocycles. The average Bonchev–Trinajstić information content (AvgIpc) is 2.31. The third kappa shape index (κ3) is 4.19. The van der Waals surface area contributed by atoms with E-state index in [1.165, 1.54) is 27.7 Å². The standard InChI is InChI=1S/C18H34N2O6/c1-13(2,3)19-11(21)17(23)15(7,8)26-18(24,16(9,10)25-17)12(22)20-14(4,5)6/h23-24H,1-10H3,(H,19,21)(H,20,22)/t17-,18+. The summed E-state index contributed by atoms with van der Waals surface area (Å²) < 4.78 is 11.3. The van der Waals surface area contributed by atoms with Gasteiger partial charge in [-0.25, -0.2) is 0 Å². The van der Waals surface area contributed by atoms with Crippen LogP contribution in [0, 0.1) is 0 Å². The Morgan fingerprint density at radius 3 is 1.12 bits per heavy atom. The Labute approximate surface area is 155 Å². The molecule has 4 N–H and O–H groups in total. The van der Waals surface area contributed by atoms with Crippen LogP contribution in [-0.4, -0.2) is 55.9 Å². The van der Waals surface area contributed by atoms with Crippen LogP contribution in [0.1, 0.15) is 69.2 Å². The molecule has 0 bridgehead atoms. The maximum atomic E-state index is 12.7. The van der Waals surface area contributed by atoms with Crippen molar-refractivity contribution in [2.75, 3.05) is 0 Å². The maximum absolute atomic E-state index is 12.7. The van der Waals surface area contributed by atoms with Gasteiger partial charge in [0, 0.05) is 11.1 Å². The second-order valence-electron chi connectivity index (χ2n) is 9.92. The monoisotopic (exact) mass is 374 g/mol. The highest BCUT2D eigenvalue weighted by atomic mass is 16.8. The lowest BCUT2D eigenvalue weighted by Crippen LogP contribution is -2.79. The molecule has 1 saturated heterocycles. The van der Waals surface area contributed by atoms with Gasteiger partial charge in [0.25, 0.3) is 23.4 Å². The molecule has 0 aromatic heterocycles. The van der Waals surface area contributed by atoms with Crippen molar-refractivity contribution in [1.29, 1.82) is 0 Å². The molecule has 8 nitrogen and oxygen atoms in total. The van der Waals surface area contributed by atoms with Crippen molar-refractivity contribution in [3.63, 3.8) is 0 Å². The molecule has 152 valence electrons. The van der Waals surface area contributed by atoms with Crippen molar-refractivity contribution in [3.05, 3.63) is 0 Å². The van der Waals surface area contributed by atoms with E-state index in [0.29, 0.717) is 0 Å². The number of nitrogens with one attached hydrogen (secondary N) is 2. The van der Waals surface area contributed by atoms with Gasteiger partial charge in [-0.15, -0.1) is 0 Å². The largest absolute Gasteiger partial charge is 0.356 e. The molecule has 0 aromatic carbocycles. The molecular weight excluding hydrogens is 340 g/mol. The van der Waals surface area contributed by atoms with Crippen molar-refractivity contribution in [1.82, 2.24) is 10.6 Å². The number of ether oxygens (including phenoxy) is 2. The molecule has 2 atom stereocenters. The van der Waals surface area contributed by atoms with Crippen LogP contribution in [0.2, 0.25) is 0 Å². The Hall–Kier alpha value is -1.22. The molecule has 26 heavy (non-hydrogen) atoms. The fourth-order valence-electron chi connectivity index (χ4n) is 2.61. The highest BCUT2D eigenvalue weighted by Gasteiger charge is 2.70. The molecule has 0 unspecified atom stereocenters. The Bertz CT molecular complexity index is 535. The molecule has 1 rings (SSSR count). The molecule has 1 heterocycles. The van der Waals surface area contributed by atoms with Crippen molar-refractivity contribution in [2.45, 2.75) is 103 Å². The zero-order chi connectivity index (χ0) is 21.0. The number of hydrogen-bond donors (Lipinski definition) is 4. The van der Waals surface area contributed by atoms with E-state index >= 15 is 0 Å². The second kappa shape index (κ2) is 6.15. The zero-order valence-electron chi connectivity index (χ0n) is 17.5. The number of carbonyl (C=O) groups excluding carboxylic acids is 2. The minimum absolute atomic E-state index is 0.631. The van der Waals surface area contributed by atoms with Gasteiger partial charge < -0.3 is 30.3 Å². The van der Waals surface area contributed by atoms with Gasteiger partial charge in [-0.05, 0) is 69.2 Å². The normalized spacial score (nSPS) is 31.2. The van der Waals surface area contributed by atoms with Crippen LogP contribution in [0.25, 0.3) is 0 Å². The summed E-state index contributed by atoms with van der Waals surface area (Å²) in [7, 11) is 0. The van der Waals surface area contributed by atoms with Gasteiger partial charge in [0.05, 0.1) is 0 Å². The number of amides is 2. The first kappa shape index (κ1) is 22.8. The summed E-state index contributed by atoms with van der Waals surface area (Å²) in [5, 5.41) is 27.3. The van der Waals surface area contributed by atoms with Crippen molar-refractivity contribution < 1.29 is 29.3 Å². The fraction of sp³-hybridized carbons (Fsp3) is 0.889. The average molecular weight is 374 g/mol. The number of aliphatic hydroxyl groups is 2. The minimum atomic E-state index is -2.42. The first-order valence-electron chi connectivity index (χ1n) is 8.67. The first-order valence-corrected chi connectivity index (χ1v) is 8.67. The Kier molecular flexibility index (Phi) is 5.40. The highest BCUT2D eigenvalue weighted by Crippen LogP contribution is 2.46. The van der Waals surface area contributed by atoms with E-state index in [0.717, 1.165) is 0 Å². The third-order valence-electron chi connectivity index (χ3n) is 4.03. The quantitative estimate of drug-likeness (QED) is 0.568. The number of hydrogen-bond acceptors (Lipinski definition) is 6. The van der Waals surface area contributed by atoms with Crippen LogP contribution >= 0.6 is 0 Å². The molecule has 2 amide bonds. The van der Waals surface area contributed by atoms with Gasteiger partial charge in [0.2, 0.25) is 0 Å². The summed E-state index contributed by atoms with van der Waals surface area (Å²) in [6.45, 7) is 16.0. The molecule has 0 saturated carbocycles. The molecule has 0 radical (unpaired) electrons. The Morgan fingerprint density at radius 1 is 0.692 bits per heavy atom. The summed E-state index contributed by atoms with van der Waals surface area (Å²) in [6, 6.07) is 0. The minimum Gasteiger partial charge on any atom is -0.356 e. The molecule has 1 fully saturated rings. The number of carbonyl (C=O) groups is 2. The summed E-state index contributed by atoms with van der Waals surface area (Å²) in [6.07, 6.45) is 0. The van der Waals surface area contributed by atoms with Crippen LogP contribution in [0.3, 0.4) is 0 Å². The van der Waals surface area contributed by atoms with Crippen LogP contribution in [-0.2, 0) is 19.1 Å². The third-order valence-corrected chi connectivity index (χ3v) is 4.03. The molecule has 8 heteroatoms. The van der Waals surface area contributed by atoms with E-state index < -0.39 is 45.7 Å². The smallest absolute Gasteiger partial charge is 0.283 e. The highest BCUT2D eigenvalue weighted by molar-refractivity contribution is 5.88. The van der Waals surface area contributed by atoms with E-state index in [1.807, 2.05) is 0 Å². The molecular formula is C18H34N2O6. The van der Waals surface area contributed by atoms with Gasteiger partial charge in [0.15, 0.2) is 0 Å². The van der Waals surface area contributed by atoms with Crippen molar-refractivity contribution in [2.24, 2.45) is 0 Å². The van der Waals surface area contributed by atoms with Gasteiger partial charge in [-0.3, -0.25) is 9.59 Å². The maximum Gasteiger partial charge on any atom is 0.283 e. The van der Waals surface area contributed by atoms with Crippen LogP contribution in [0.4, 0.5) is 0 Å². The van der Waals surface area contributed by atoms with E-state index in [-0.39, 0.29) is 0 Å². The first-order chi connectivity index (χ1) is 11.2. The summed E-state index contributed by atoms with van der Waals surface area (Å²) in [5.74, 6) is -6.47. The summed E-state index contributed by atoms with van der Waals surface area (Å²) >= 11 is 0. The van der Waals surface area contributed by atoms with Crippen molar-refractivity contribution >= 4 is 11.8 Å². The van der Waals surface area contributed by atoms with Gasteiger partial charge in [0.1, 0.15) is 11.2 Å². The lowest BCUT2D eigenvalue weighted by molar-refractivity contribution is -0.445. The molecule has 0 aliphatic carbocycles. The van der Waals surface area contributed by atoms with E-state index in [1.54, 1.807) is 41.5 Å². The lowest BCUT2D eigenvalue weighted by atomic mass is 9.85. The Balaban J connectivity index is 3.31. The van der Waals surface area contributed by atoms with Crippen molar-refractivity contribution in [3.8, 4) is 0 Å². The van der Waals surface area contributed by atoms with E-state index in [2.05, 4.69) is 10.6 Å². The molecule has 0 aromatic rings. The molecule has 1 aliphatic rings. The Morgan fingerprint density at radius 2 is 0.923 bits per heavy atom. The zero-order valence-corrected chi connectivity index (χ0v) is 17.5. The summed E-state index contributed by atoms with van der Waals surface area (Å²) in [4.78, 5) is 25.4. The predicted octanol–water partition coefficient (Wildman–Crippen LogP) is 0.797. The van der Waals surface area contributed by atoms with E-state index in [9.17, 15) is 19.8 Å². The van der Waals surface area contributed by atoms with Crippen LogP contribution < -0.4 is 10.6 Å². The van der Waals surface area contributed by atoms with E-state index in [4.69, 9.17) is 9.47 Å². The van der Waals surface area contributed by atoms with Crippen LogP contribution in [0.5, 0.6) is 0 Å². The lowest BCUT2D eigenvalue weighted by Gasteiger charge is -2.56. The topological polar surface area (TPSA) is 117 Å². The SMILES string of the molecule is CC(C)(C)NC(=O)[C@]1(O)OC(C)(C)[C@@](O)(C(=O)NC(C)(C)C)OC1(C)C. The number of rotatable bonds is 2. The van der Waals surface area contributed by atoms with Gasteiger partial charge in [-0.1, -0.05) is 0 Å². The predicted molar refractivity (Wildman–Crippen MR) is 96.0 cm³/mol.